The van der Waals surface area contributed by atoms with E-state index in [0.717, 1.165) is 50.0 Å². The highest BCUT2D eigenvalue weighted by molar-refractivity contribution is 7.99. The number of likely N-dealkylation sites (tertiary alicyclic amines) is 1. The Labute approximate surface area is 184 Å². The molecule has 0 unspecified atom stereocenters. The van der Waals surface area contributed by atoms with Gasteiger partial charge in [-0.15, -0.1) is 11.8 Å². The van der Waals surface area contributed by atoms with Gasteiger partial charge in [0.15, 0.2) is 0 Å². The Balaban J connectivity index is 1.58. The van der Waals surface area contributed by atoms with Crippen molar-refractivity contribution in [3.63, 3.8) is 0 Å². The van der Waals surface area contributed by atoms with E-state index in [9.17, 15) is 13.2 Å². The first-order valence-corrected chi connectivity index (χ1v) is 12.4. The third-order valence-corrected chi connectivity index (χ3v) is 7.64. The van der Waals surface area contributed by atoms with Gasteiger partial charge in [-0.05, 0) is 74.7 Å². The van der Waals surface area contributed by atoms with Crippen LogP contribution in [0, 0.1) is 17.8 Å². The van der Waals surface area contributed by atoms with Crippen LogP contribution in [-0.4, -0.2) is 42.9 Å². The van der Waals surface area contributed by atoms with Crippen LogP contribution in [-0.2, 0) is 6.18 Å². The zero-order chi connectivity index (χ0) is 21.9. The number of rotatable bonds is 6. The minimum absolute atomic E-state index is 0.256. The molecule has 2 nitrogen and oxygen atoms in total. The number of halogens is 3. The summed E-state index contributed by atoms with van der Waals surface area (Å²) in [6, 6.07) is 4.57. The number of hydrogen-bond donors (Lipinski definition) is 0. The lowest BCUT2D eigenvalue weighted by molar-refractivity contribution is -0.137. The first kappa shape index (κ1) is 23.8. The summed E-state index contributed by atoms with van der Waals surface area (Å²) in [5.41, 5.74) is 0.197. The van der Waals surface area contributed by atoms with Crippen LogP contribution < -0.4 is 4.90 Å². The molecule has 0 aliphatic carbocycles. The van der Waals surface area contributed by atoms with Gasteiger partial charge in [-0.2, -0.15) is 13.2 Å². The van der Waals surface area contributed by atoms with Crippen LogP contribution in [0.25, 0.3) is 0 Å². The minimum Gasteiger partial charge on any atom is -0.371 e. The van der Waals surface area contributed by atoms with Gasteiger partial charge in [-0.3, -0.25) is 0 Å². The van der Waals surface area contributed by atoms with Crippen molar-refractivity contribution in [1.29, 1.82) is 0 Å². The molecule has 2 fully saturated rings. The maximum atomic E-state index is 13.4. The Morgan fingerprint density at radius 1 is 0.933 bits per heavy atom. The van der Waals surface area contributed by atoms with E-state index in [1.807, 2.05) is 19.9 Å². The van der Waals surface area contributed by atoms with Crippen molar-refractivity contribution in [2.24, 2.45) is 17.8 Å². The van der Waals surface area contributed by atoms with E-state index in [1.165, 1.54) is 49.8 Å². The number of nitrogens with zero attached hydrogens (tertiary/aromatic N) is 2. The number of benzene rings is 1. The second-order valence-corrected chi connectivity index (χ2v) is 11.3. The predicted octanol–water partition coefficient (Wildman–Crippen LogP) is 6.79. The smallest absolute Gasteiger partial charge is 0.371 e. The fourth-order valence-corrected chi connectivity index (χ4v) is 5.74. The van der Waals surface area contributed by atoms with E-state index >= 15 is 0 Å². The molecule has 1 aromatic rings. The predicted molar refractivity (Wildman–Crippen MR) is 121 cm³/mol. The molecule has 6 heteroatoms. The van der Waals surface area contributed by atoms with Crippen molar-refractivity contribution < 1.29 is 13.2 Å². The van der Waals surface area contributed by atoms with Crippen LogP contribution in [0.5, 0.6) is 0 Å². The SMILES string of the molecule is CC(C)Sc1cc(N2CCC(CN3CCC(C(C)C)CC3)CC2)cc(C(F)(F)F)c1. The second kappa shape index (κ2) is 10.2. The average molecular weight is 443 g/mol. The summed E-state index contributed by atoms with van der Waals surface area (Å²) in [6.45, 7) is 13.9. The van der Waals surface area contributed by atoms with Gasteiger partial charge in [0.25, 0.3) is 0 Å². The van der Waals surface area contributed by atoms with Crippen molar-refractivity contribution in [2.45, 2.75) is 69.7 Å². The van der Waals surface area contributed by atoms with Crippen LogP contribution in [0.4, 0.5) is 18.9 Å². The normalized spacial score (nSPS) is 20.5. The summed E-state index contributed by atoms with van der Waals surface area (Å²) in [7, 11) is 0. The largest absolute Gasteiger partial charge is 0.416 e. The number of thioether (sulfide) groups is 1. The quantitative estimate of drug-likeness (QED) is 0.448. The van der Waals surface area contributed by atoms with Gasteiger partial charge in [0.1, 0.15) is 0 Å². The molecule has 0 amide bonds. The average Bonchev–Trinajstić information content (AvgIpc) is 2.67. The molecular weight excluding hydrogens is 405 g/mol. The molecule has 0 spiro atoms. The molecule has 3 rings (SSSR count). The van der Waals surface area contributed by atoms with Crippen molar-refractivity contribution in [1.82, 2.24) is 4.90 Å². The molecule has 1 aromatic carbocycles. The first-order valence-electron chi connectivity index (χ1n) is 11.5. The lowest BCUT2D eigenvalue weighted by atomic mass is 9.86. The highest BCUT2D eigenvalue weighted by Crippen LogP contribution is 2.37. The van der Waals surface area contributed by atoms with Crippen LogP contribution >= 0.6 is 11.8 Å². The summed E-state index contributed by atoms with van der Waals surface area (Å²) in [5, 5.41) is 0.256. The molecule has 0 saturated carbocycles. The van der Waals surface area contributed by atoms with Crippen LogP contribution in [0.2, 0.25) is 0 Å². The maximum absolute atomic E-state index is 13.4. The monoisotopic (exact) mass is 442 g/mol. The molecule has 30 heavy (non-hydrogen) atoms. The zero-order valence-electron chi connectivity index (χ0n) is 18.8. The van der Waals surface area contributed by atoms with E-state index in [2.05, 4.69) is 23.6 Å². The molecule has 0 N–H and O–H groups in total. The number of hydrogen-bond acceptors (Lipinski definition) is 3. The van der Waals surface area contributed by atoms with Gasteiger partial charge >= 0.3 is 6.18 Å². The van der Waals surface area contributed by atoms with Crippen molar-refractivity contribution >= 4 is 17.4 Å². The Kier molecular flexibility index (Phi) is 8.05. The summed E-state index contributed by atoms with van der Waals surface area (Å²) < 4.78 is 40.3. The first-order chi connectivity index (χ1) is 14.1. The third-order valence-electron chi connectivity index (χ3n) is 6.66. The van der Waals surface area contributed by atoms with Crippen molar-refractivity contribution in [3.8, 4) is 0 Å². The van der Waals surface area contributed by atoms with E-state index in [1.54, 1.807) is 0 Å². The molecule has 2 aliphatic rings. The highest BCUT2D eigenvalue weighted by atomic mass is 32.2. The van der Waals surface area contributed by atoms with Crippen LogP contribution in [0.15, 0.2) is 23.1 Å². The summed E-state index contributed by atoms with van der Waals surface area (Å²) in [5.74, 6) is 2.30. The topological polar surface area (TPSA) is 6.48 Å². The Morgan fingerprint density at radius 2 is 1.57 bits per heavy atom. The minimum atomic E-state index is -4.30. The standard InChI is InChI=1S/C24H37F3N2S/c1-17(2)20-7-9-28(10-8-20)16-19-5-11-29(12-6-19)22-13-21(24(25,26)27)14-23(15-22)30-18(3)4/h13-15,17-20H,5-12,16H2,1-4H3. The molecule has 2 aliphatic heterocycles. The molecule has 0 aromatic heterocycles. The lowest BCUT2D eigenvalue weighted by Crippen LogP contribution is -2.42. The second-order valence-electron chi connectivity index (χ2n) is 9.69. The molecule has 2 saturated heterocycles. The maximum Gasteiger partial charge on any atom is 0.416 e. The van der Waals surface area contributed by atoms with E-state index in [4.69, 9.17) is 0 Å². The molecule has 2 heterocycles. The van der Waals surface area contributed by atoms with E-state index in [-0.39, 0.29) is 5.25 Å². The van der Waals surface area contributed by atoms with Gasteiger partial charge in [0.05, 0.1) is 5.56 Å². The number of alkyl halides is 3. The summed E-state index contributed by atoms with van der Waals surface area (Å²) >= 11 is 1.50. The summed E-state index contributed by atoms with van der Waals surface area (Å²) in [4.78, 5) is 5.48. The van der Waals surface area contributed by atoms with E-state index < -0.39 is 11.7 Å². The van der Waals surface area contributed by atoms with Gasteiger partial charge < -0.3 is 9.80 Å². The van der Waals surface area contributed by atoms with Crippen molar-refractivity contribution in [2.75, 3.05) is 37.6 Å². The Morgan fingerprint density at radius 3 is 2.10 bits per heavy atom. The molecule has 0 bridgehead atoms. The Hall–Kier alpha value is -0.880. The highest BCUT2D eigenvalue weighted by Gasteiger charge is 2.32. The molecule has 0 atom stereocenters. The van der Waals surface area contributed by atoms with E-state index in [0.29, 0.717) is 10.8 Å². The van der Waals surface area contributed by atoms with Crippen molar-refractivity contribution in [3.05, 3.63) is 23.8 Å². The lowest BCUT2D eigenvalue weighted by Gasteiger charge is -2.39. The molecular formula is C24H37F3N2S. The fourth-order valence-electron chi connectivity index (χ4n) is 4.81. The van der Waals surface area contributed by atoms with Crippen LogP contribution in [0.3, 0.4) is 0 Å². The van der Waals surface area contributed by atoms with Crippen LogP contribution in [0.1, 0.15) is 58.9 Å². The van der Waals surface area contributed by atoms with Gasteiger partial charge in [-0.25, -0.2) is 0 Å². The molecule has 170 valence electrons. The van der Waals surface area contributed by atoms with Gasteiger partial charge in [0, 0.05) is 35.5 Å². The number of piperidine rings is 2. The third kappa shape index (κ3) is 6.56. The van der Waals surface area contributed by atoms with Gasteiger partial charge in [0.2, 0.25) is 0 Å². The molecule has 0 radical (unpaired) electrons. The summed E-state index contributed by atoms with van der Waals surface area (Å²) in [6.07, 6.45) is 0.427. The fraction of sp³-hybridized carbons (Fsp3) is 0.750. The zero-order valence-corrected chi connectivity index (χ0v) is 19.7. The number of anilines is 1. The van der Waals surface area contributed by atoms with Gasteiger partial charge in [-0.1, -0.05) is 27.7 Å². The Bertz CT molecular complexity index is 674.